The third-order valence-electron chi connectivity index (χ3n) is 2.56. The highest BCUT2D eigenvalue weighted by atomic mass is 16.6. The molecule has 0 spiro atoms. The highest BCUT2D eigenvalue weighted by Crippen LogP contribution is 2.02. The van der Waals surface area contributed by atoms with Crippen molar-refractivity contribution in [2.45, 2.75) is 32.8 Å². The number of nitrogens with one attached hydrogen (secondary N) is 2. The highest BCUT2D eigenvalue weighted by molar-refractivity contribution is 6.24. The first-order valence-corrected chi connectivity index (χ1v) is 6.77. The normalized spacial score (nSPS) is 11.5. The summed E-state index contributed by atoms with van der Waals surface area (Å²) in [7, 11) is 1.43. The summed E-state index contributed by atoms with van der Waals surface area (Å²) in [6.45, 7) is 3.70. The first-order valence-electron chi connectivity index (χ1n) is 6.77. The fourth-order valence-electron chi connectivity index (χ4n) is 1.61. The van der Waals surface area contributed by atoms with E-state index in [1.807, 2.05) is 30.3 Å². The number of hydrogen-bond acceptors (Lipinski definition) is 5. The number of amides is 1. The van der Waals surface area contributed by atoms with Crippen LogP contribution in [0, 0.1) is 0 Å². The van der Waals surface area contributed by atoms with Gasteiger partial charge in [-0.15, -0.1) is 0 Å². The molecule has 0 aliphatic heterocycles. The zero-order chi connectivity index (χ0) is 15.5. The van der Waals surface area contributed by atoms with Gasteiger partial charge in [0.2, 0.25) is 5.91 Å². The van der Waals surface area contributed by atoms with E-state index in [9.17, 15) is 9.59 Å². The zero-order valence-corrected chi connectivity index (χ0v) is 12.3. The SMILES string of the molecule is C[B]ONCC(=O)NC(C)CC(=O)OCc1ccccc1. The van der Waals surface area contributed by atoms with Crippen molar-refractivity contribution in [3.8, 4) is 0 Å². The molecule has 0 aliphatic rings. The minimum Gasteiger partial charge on any atom is -0.461 e. The molecular weight excluding hydrogens is 271 g/mol. The maximum atomic E-state index is 11.6. The molecule has 1 rings (SSSR count). The number of carbonyl (C=O) groups is 2. The molecule has 0 saturated carbocycles. The van der Waals surface area contributed by atoms with Gasteiger partial charge in [0.15, 0.2) is 0 Å². The largest absolute Gasteiger partial charge is 0.461 e. The molecule has 1 radical (unpaired) electrons. The maximum Gasteiger partial charge on any atom is 0.320 e. The lowest BCUT2D eigenvalue weighted by atomic mass is 10.1. The van der Waals surface area contributed by atoms with E-state index in [-0.39, 0.29) is 37.5 Å². The maximum absolute atomic E-state index is 11.6. The molecule has 0 aliphatic carbocycles. The monoisotopic (exact) mass is 291 g/mol. The van der Waals surface area contributed by atoms with Crippen molar-refractivity contribution >= 4 is 19.4 Å². The molecule has 0 saturated heterocycles. The minimum atomic E-state index is -0.349. The highest BCUT2D eigenvalue weighted by Gasteiger charge is 2.12. The smallest absolute Gasteiger partial charge is 0.320 e. The zero-order valence-electron chi connectivity index (χ0n) is 12.3. The Kier molecular flexibility index (Phi) is 8.15. The van der Waals surface area contributed by atoms with Crippen LogP contribution in [0.4, 0.5) is 0 Å². The van der Waals surface area contributed by atoms with Gasteiger partial charge in [0, 0.05) is 6.04 Å². The summed E-state index contributed by atoms with van der Waals surface area (Å²) in [6, 6.07) is 9.14. The van der Waals surface area contributed by atoms with Crippen LogP contribution in [0.15, 0.2) is 30.3 Å². The van der Waals surface area contributed by atoms with Gasteiger partial charge in [-0.05, 0) is 12.5 Å². The van der Waals surface area contributed by atoms with Crippen LogP contribution in [0.2, 0.25) is 6.82 Å². The van der Waals surface area contributed by atoms with Crippen LogP contribution in [0.1, 0.15) is 18.9 Å². The fourth-order valence-corrected chi connectivity index (χ4v) is 1.61. The van der Waals surface area contributed by atoms with Crippen LogP contribution in [0.3, 0.4) is 0 Å². The number of carbonyl (C=O) groups excluding carboxylic acids is 2. The van der Waals surface area contributed by atoms with Crippen LogP contribution in [0.5, 0.6) is 0 Å². The van der Waals surface area contributed by atoms with E-state index in [1.54, 1.807) is 13.7 Å². The van der Waals surface area contributed by atoms with Gasteiger partial charge in [-0.25, -0.2) is 5.48 Å². The number of benzene rings is 1. The van der Waals surface area contributed by atoms with Gasteiger partial charge in [-0.3, -0.25) is 9.59 Å². The van der Waals surface area contributed by atoms with Crippen molar-refractivity contribution in [2.75, 3.05) is 6.54 Å². The molecule has 2 N–H and O–H groups in total. The van der Waals surface area contributed by atoms with Crippen molar-refractivity contribution in [1.82, 2.24) is 10.8 Å². The van der Waals surface area contributed by atoms with Crippen molar-refractivity contribution < 1.29 is 19.1 Å². The molecule has 7 heteroatoms. The predicted molar refractivity (Wildman–Crippen MR) is 79.2 cm³/mol. The Hall–Kier alpha value is -1.86. The van der Waals surface area contributed by atoms with E-state index in [4.69, 9.17) is 9.49 Å². The summed E-state index contributed by atoms with van der Waals surface area (Å²) in [5.41, 5.74) is 3.39. The molecule has 1 aromatic carbocycles. The van der Waals surface area contributed by atoms with Gasteiger partial charge in [0.05, 0.1) is 13.0 Å². The topological polar surface area (TPSA) is 76.7 Å². The van der Waals surface area contributed by atoms with Gasteiger partial charge in [0.1, 0.15) is 6.61 Å². The molecule has 21 heavy (non-hydrogen) atoms. The standard InChI is InChI=1S/C14H20BN2O4/c1-11(17-13(18)9-16-21-15-2)8-14(19)20-10-12-6-4-3-5-7-12/h3-7,11,16H,8-10H2,1-2H3,(H,17,18). The molecule has 113 valence electrons. The second-order valence-electron chi connectivity index (χ2n) is 4.49. The number of hydrogen-bond donors (Lipinski definition) is 2. The number of hydroxylamine groups is 1. The summed E-state index contributed by atoms with van der Waals surface area (Å²) in [4.78, 5) is 23.1. The molecule has 0 heterocycles. The van der Waals surface area contributed by atoms with E-state index in [2.05, 4.69) is 10.8 Å². The van der Waals surface area contributed by atoms with Crippen molar-refractivity contribution in [1.29, 1.82) is 0 Å². The molecule has 1 unspecified atom stereocenters. The van der Waals surface area contributed by atoms with Crippen LogP contribution < -0.4 is 10.8 Å². The quantitative estimate of drug-likeness (QED) is 0.305. The first kappa shape index (κ1) is 17.2. The number of rotatable bonds is 9. The van der Waals surface area contributed by atoms with Crippen molar-refractivity contribution in [3.05, 3.63) is 35.9 Å². The summed E-state index contributed by atoms with van der Waals surface area (Å²) >= 11 is 0. The second kappa shape index (κ2) is 9.96. The lowest BCUT2D eigenvalue weighted by Gasteiger charge is -2.13. The lowest BCUT2D eigenvalue weighted by molar-refractivity contribution is -0.145. The number of ether oxygens (including phenoxy) is 1. The Morgan fingerprint density at radius 3 is 2.67 bits per heavy atom. The number of esters is 1. The van der Waals surface area contributed by atoms with E-state index in [1.165, 1.54) is 7.48 Å². The van der Waals surface area contributed by atoms with Crippen LogP contribution in [0.25, 0.3) is 0 Å². The minimum absolute atomic E-state index is 0.0216. The second-order valence-corrected chi connectivity index (χ2v) is 4.49. The van der Waals surface area contributed by atoms with E-state index >= 15 is 0 Å². The Bertz CT molecular complexity index is 442. The molecule has 0 bridgehead atoms. The van der Waals surface area contributed by atoms with Crippen molar-refractivity contribution in [3.63, 3.8) is 0 Å². The van der Waals surface area contributed by atoms with Gasteiger partial charge in [-0.2, -0.15) is 0 Å². The van der Waals surface area contributed by atoms with Gasteiger partial charge in [-0.1, -0.05) is 37.2 Å². The van der Waals surface area contributed by atoms with Crippen LogP contribution in [-0.4, -0.2) is 31.9 Å². The Balaban J connectivity index is 2.19. The molecule has 1 atom stereocenters. The molecule has 6 nitrogen and oxygen atoms in total. The molecule has 1 aromatic rings. The summed E-state index contributed by atoms with van der Waals surface area (Å²) in [6.07, 6.45) is 0.124. The van der Waals surface area contributed by atoms with E-state index in [0.29, 0.717) is 0 Å². The van der Waals surface area contributed by atoms with Crippen LogP contribution in [-0.2, 0) is 25.7 Å². The average molecular weight is 291 g/mol. The van der Waals surface area contributed by atoms with E-state index < -0.39 is 0 Å². The Morgan fingerprint density at radius 1 is 1.29 bits per heavy atom. The van der Waals surface area contributed by atoms with Gasteiger partial charge < -0.3 is 14.8 Å². The summed E-state index contributed by atoms with van der Waals surface area (Å²) in [5.74, 6) is -0.599. The molecule has 0 fully saturated rings. The third-order valence-corrected chi connectivity index (χ3v) is 2.56. The van der Waals surface area contributed by atoms with Gasteiger partial charge in [0.25, 0.3) is 0 Å². The van der Waals surface area contributed by atoms with Crippen molar-refractivity contribution in [2.24, 2.45) is 0 Å². The third kappa shape index (κ3) is 8.11. The molecular formula is C14H20BN2O4. The molecule has 1 amide bonds. The molecule has 0 aromatic heterocycles. The lowest BCUT2D eigenvalue weighted by Crippen LogP contribution is -2.40. The average Bonchev–Trinajstić information content (AvgIpc) is 2.46. The summed E-state index contributed by atoms with van der Waals surface area (Å²) < 4.78 is 9.87. The predicted octanol–water partition coefficient (Wildman–Crippen LogP) is 0.813. The van der Waals surface area contributed by atoms with E-state index in [0.717, 1.165) is 5.56 Å². The fraction of sp³-hybridized carbons (Fsp3) is 0.429. The summed E-state index contributed by atoms with van der Waals surface area (Å²) in [5, 5.41) is 2.67. The Labute approximate surface area is 125 Å². The Morgan fingerprint density at radius 2 is 2.00 bits per heavy atom. The van der Waals surface area contributed by atoms with Crippen LogP contribution >= 0.6 is 0 Å². The van der Waals surface area contributed by atoms with Gasteiger partial charge >= 0.3 is 13.5 Å². The first-order chi connectivity index (χ1) is 10.1.